The standard InChI is InChI=1S/C16H34O/c1-4-16(5-2,6-3)14-12-10-8-7-9-11-13-15-17/h17H,4-15H2,1-3H3. The fourth-order valence-corrected chi connectivity index (χ4v) is 2.78. The molecule has 0 saturated carbocycles. The molecule has 1 nitrogen and oxygen atoms in total. The van der Waals surface area contributed by atoms with E-state index in [1.165, 1.54) is 64.2 Å². The third kappa shape index (κ3) is 7.81. The highest BCUT2D eigenvalue weighted by molar-refractivity contribution is 4.74. The minimum atomic E-state index is 0.367. The highest BCUT2D eigenvalue weighted by atomic mass is 16.2. The molecular weight excluding hydrogens is 208 g/mol. The Kier molecular flexibility index (Phi) is 11.0. The number of rotatable bonds is 12. The van der Waals surface area contributed by atoms with Crippen LogP contribution < -0.4 is 0 Å². The first-order valence-electron chi connectivity index (χ1n) is 7.85. The summed E-state index contributed by atoms with van der Waals surface area (Å²) in [5.41, 5.74) is 0.636. The Morgan fingerprint density at radius 2 is 1.06 bits per heavy atom. The van der Waals surface area contributed by atoms with Crippen molar-refractivity contribution in [2.24, 2.45) is 5.41 Å². The Hall–Kier alpha value is -0.0400. The van der Waals surface area contributed by atoms with Crippen LogP contribution in [-0.4, -0.2) is 11.7 Å². The number of hydrogen-bond donors (Lipinski definition) is 1. The van der Waals surface area contributed by atoms with Gasteiger partial charge in [0, 0.05) is 6.61 Å². The minimum absolute atomic E-state index is 0.367. The van der Waals surface area contributed by atoms with Crippen molar-refractivity contribution in [3.63, 3.8) is 0 Å². The molecule has 0 rings (SSSR count). The van der Waals surface area contributed by atoms with Crippen LogP contribution >= 0.6 is 0 Å². The minimum Gasteiger partial charge on any atom is -0.396 e. The summed E-state index contributed by atoms with van der Waals surface area (Å²) in [5.74, 6) is 0. The number of hydrogen-bond acceptors (Lipinski definition) is 1. The highest BCUT2D eigenvalue weighted by Crippen LogP contribution is 2.36. The third-order valence-corrected chi connectivity index (χ3v) is 4.62. The topological polar surface area (TPSA) is 20.2 Å². The molecule has 0 aromatic carbocycles. The molecule has 0 aliphatic carbocycles. The van der Waals surface area contributed by atoms with Gasteiger partial charge in [-0.1, -0.05) is 78.6 Å². The van der Waals surface area contributed by atoms with Crippen molar-refractivity contribution < 1.29 is 5.11 Å². The van der Waals surface area contributed by atoms with Crippen molar-refractivity contribution in [3.8, 4) is 0 Å². The van der Waals surface area contributed by atoms with Crippen LogP contribution in [0.15, 0.2) is 0 Å². The van der Waals surface area contributed by atoms with Crippen LogP contribution in [0.1, 0.15) is 91.4 Å². The molecular formula is C16H34O. The predicted octanol–water partition coefficient (Wildman–Crippen LogP) is 5.32. The smallest absolute Gasteiger partial charge is 0.0431 e. The maximum atomic E-state index is 8.68. The Morgan fingerprint density at radius 3 is 1.47 bits per heavy atom. The van der Waals surface area contributed by atoms with E-state index in [1.807, 2.05) is 0 Å². The normalized spacial score (nSPS) is 12.0. The highest BCUT2D eigenvalue weighted by Gasteiger charge is 2.22. The van der Waals surface area contributed by atoms with Gasteiger partial charge >= 0.3 is 0 Å². The lowest BCUT2D eigenvalue weighted by atomic mass is 9.75. The largest absolute Gasteiger partial charge is 0.396 e. The molecule has 0 bridgehead atoms. The second kappa shape index (κ2) is 11.1. The molecule has 17 heavy (non-hydrogen) atoms. The van der Waals surface area contributed by atoms with E-state index in [0.29, 0.717) is 12.0 Å². The predicted molar refractivity (Wildman–Crippen MR) is 77.3 cm³/mol. The zero-order valence-corrected chi connectivity index (χ0v) is 12.4. The van der Waals surface area contributed by atoms with Gasteiger partial charge in [-0.25, -0.2) is 0 Å². The molecule has 0 atom stereocenters. The summed E-state index contributed by atoms with van der Waals surface area (Å²) >= 11 is 0. The average molecular weight is 242 g/mol. The summed E-state index contributed by atoms with van der Waals surface area (Å²) in [5, 5.41) is 8.68. The number of aliphatic hydroxyl groups is 1. The molecule has 0 amide bonds. The first kappa shape index (κ1) is 17.0. The van der Waals surface area contributed by atoms with E-state index in [1.54, 1.807) is 0 Å². The van der Waals surface area contributed by atoms with Gasteiger partial charge in [0.15, 0.2) is 0 Å². The molecule has 1 heteroatoms. The van der Waals surface area contributed by atoms with Gasteiger partial charge in [0.1, 0.15) is 0 Å². The summed E-state index contributed by atoms with van der Waals surface area (Å²) in [6.07, 6.45) is 14.5. The van der Waals surface area contributed by atoms with Gasteiger partial charge in [0.05, 0.1) is 0 Å². The SMILES string of the molecule is CCC(CC)(CC)CCCCCCCCCO. The molecule has 0 aliphatic rings. The first-order chi connectivity index (χ1) is 8.24. The molecule has 0 aromatic rings. The van der Waals surface area contributed by atoms with Crippen LogP contribution in [0.4, 0.5) is 0 Å². The van der Waals surface area contributed by atoms with E-state index in [9.17, 15) is 0 Å². The first-order valence-corrected chi connectivity index (χ1v) is 7.85. The molecule has 0 fully saturated rings. The maximum Gasteiger partial charge on any atom is 0.0431 e. The van der Waals surface area contributed by atoms with Crippen molar-refractivity contribution in [1.82, 2.24) is 0 Å². The van der Waals surface area contributed by atoms with Crippen molar-refractivity contribution in [2.45, 2.75) is 91.4 Å². The van der Waals surface area contributed by atoms with Gasteiger partial charge in [-0.3, -0.25) is 0 Å². The molecule has 0 saturated heterocycles. The Bertz CT molecular complexity index is 141. The maximum absolute atomic E-state index is 8.68. The summed E-state index contributed by atoms with van der Waals surface area (Å²) in [4.78, 5) is 0. The molecule has 0 aliphatic heterocycles. The summed E-state index contributed by atoms with van der Waals surface area (Å²) in [6.45, 7) is 7.41. The average Bonchev–Trinajstić information content (AvgIpc) is 2.38. The molecule has 0 aromatic heterocycles. The molecule has 104 valence electrons. The van der Waals surface area contributed by atoms with E-state index in [2.05, 4.69) is 20.8 Å². The second-order valence-electron chi connectivity index (χ2n) is 5.51. The number of unbranched alkanes of at least 4 members (excludes halogenated alkanes) is 6. The van der Waals surface area contributed by atoms with Gasteiger partial charge in [0.2, 0.25) is 0 Å². The lowest BCUT2D eigenvalue weighted by Gasteiger charge is -2.30. The van der Waals surface area contributed by atoms with Crippen LogP contribution in [0, 0.1) is 5.41 Å². The molecule has 0 heterocycles. The quantitative estimate of drug-likeness (QED) is 0.459. The third-order valence-electron chi connectivity index (χ3n) is 4.62. The fraction of sp³-hybridized carbons (Fsp3) is 1.00. The van der Waals surface area contributed by atoms with E-state index >= 15 is 0 Å². The fourth-order valence-electron chi connectivity index (χ4n) is 2.78. The lowest BCUT2D eigenvalue weighted by molar-refractivity contribution is 0.220. The van der Waals surface area contributed by atoms with Crippen LogP contribution in [0.3, 0.4) is 0 Å². The molecule has 0 spiro atoms. The number of aliphatic hydroxyl groups excluding tert-OH is 1. The van der Waals surface area contributed by atoms with Crippen molar-refractivity contribution in [1.29, 1.82) is 0 Å². The van der Waals surface area contributed by atoms with Gasteiger partial charge in [-0.05, 0) is 18.3 Å². The summed E-state index contributed by atoms with van der Waals surface area (Å²) in [6, 6.07) is 0. The van der Waals surface area contributed by atoms with E-state index in [4.69, 9.17) is 5.11 Å². The molecule has 1 N–H and O–H groups in total. The van der Waals surface area contributed by atoms with Crippen LogP contribution in [-0.2, 0) is 0 Å². The Balaban J connectivity index is 3.43. The Labute approximate surface area is 109 Å². The van der Waals surface area contributed by atoms with Crippen LogP contribution in [0.25, 0.3) is 0 Å². The van der Waals surface area contributed by atoms with Crippen molar-refractivity contribution in [2.75, 3.05) is 6.61 Å². The van der Waals surface area contributed by atoms with Gasteiger partial charge in [-0.15, -0.1) is 0 Å². The monoisotopic (exact) mass is 242 g/mol. The van der Waals surface area contributed by atoms with Gasteiger partial charge < -0.3 is 5.11 Å². The van der Waals surface area contributed by atoms with Crippen LogP contribution in [0.2, 0.25) is 0 Å². The molecule has 0 unspecified atom stereocenters. The zero-order valence-electron chi connectivity index (χ0n) is 12.4. The zero-order chi connectivity index (χ0) is 13.0. The van der Waals surface area contributed by atoms with E-state index < -0.39 is 0 Å². The van der Waals surface area contributed by atoms with Crippen LogP contribution in [0.5, 0.6) is 0 Å². The van der Waals surface area contributed by atoms with E-state index in [-0.39, 0.29) is 0 Å². The summed E-state index contributed by atoms with van der Waals surface area (Å²) < 4.78 is 0. The molecule has 0 radical (unpaired) electrons. The van der Waals surface area contributed by atoms with Crippen molar-refractivity contribution >= 4 is 0 Å². The lowest BCUT2D eigenvalue weighted by Crippen LogP contribution is -2.17. The van der Waals surface area contributed by atoms with E-state index in [0.717, 1.165) is 6.42 Å². The second-order valence-corrected chi connectivity index (χ2v) is 5.51. The van der Waals surface area contributed by atoms with Gasteiger partial charge in [0.25, 0.3) is 0 Å². The summed E-state index contributed by atoms with van der Waals surface area (Å²) in [7, 11) is 0. The van der Waals surface area contributed by atoms with Crippen molar-refractivity contribution in [3.05, 3.63) is 0 Å². The Morgan fingerprint density at radius 1 is 0.647 bits per heavy atom. The van der Waals surface area contributed by atoms with Gasteiger partial charge in [-0.2, -0.15) is 0 Å².